The van der Waals surface area contributed by atoms with Crippen LogP contribution < -0.4 is 27.0 Å². The zero-order chi connectivity index (χ0) is 26.5. The van der Waals surface area contributed by atoms with Crippen LogP contribution in [0, 0.1) is 15.5 Å². The van der Waals surface area contributed by atoms with Gasteiger partial charge in [0.25, 0.3) is 5.69 Å². The number of nitrogens with two attached hydrogens (primary N) is 1. The van der Waals surface area contributed by atoms with Crippen LogP contribution in [0.3, 0.4) is 0 Å². The number of halogens is 2. The molecule has 1 heterocycles. The zero-order valence-corrected chi connectivity index (χ0v) is 23.0. The van der Waals surface area contributed by atoms with Crippen molar-refractivity contribution in [3.05, 3.63) is 34.4 Å². The maximum Gasteiger partial charge on any atom is 0.269 e. The van der Waals surface area contributed by atoms with Crippen molar-refractivity contribution in [2.45, 2.75) is 57.5 Å². The molecule has 15 heteroatoms. The Morgan fingerprint density at radius 2 is 1.89 bits per heavy atom. The molecule has 13 nitrogen and oxygen atoms in total. The molecular weight excluding hydrogens is 539 g/mol. The van der Waals surface area contributed by atoms with Crippen molar-refractivity contribution >= 4 is 59.9 Å². The predicted octanol–water partition coefficient (Wildman–Crippen LogP) is 1.51. The maximum atomic E-state index is 13.4. The fraction of sp³-hybridized carbons (Fsp3) is 0.565. The summed E-state index contributed by atoms with van der Waals surface area (Å²) in [6, 6.07) is 3.67. The van der Waals surface area contributed by atoms with E-state index in [4.69, 9.17) is 11.1 Å². The summed E-state index contributed by atoms with van der Waals surface area (Å²) in [5, 5.41) is 29.8. The number of guanidine groups is 1. The van der Waals surface area contributed by atoms with Gasteiger partial charge in [-0.2, -0.15) is 0 Å². The molecule has 0 radical (unpaired) electrons. The topological polar surface area (TPSA) is 196 Å². The van der Waals surface area contributed by atoms with Gasteiger partial charge in [0.1, 0.15) is 6.04 Å². The van der Waals surface area contributed by atoms with Gasteiger partial charge in [-0.15, -0.1) is 24.8 Å². The van der Waals surface area contributed by atoms with E-state index >= 15 is 0 Å². The largest absolute Gasteiger partial charge is 0.370 e. The summed E-state index contributed by atoms with van der Waals surface area (Å²) in [5.74, 6) is -1.66. The van der Waals surface area contributed by atoms with Crippen molar-refractivity contribution in [1.82, 2.24) is 20.9 Å². The lowest BCUT2D eigenvalue weighted by molar-refractivity contribution is -0.384. The first-order chi connectivity index (χ1) is 17.2. The average molecular weight is 578 g/mol. The maximum absolute atomic E-state index is 13.4. The van der Waals surface area contributed by atoms with Gasteiger partial charge < -0.3 is 27.0 Å². The molecule has 2 atom stereocenters. The van der Waals surface area contributed by atoms with Crippen LogP contribution in [-0.2, 0) is 14.4 Å². The molecule has 1 aliphatic rings. The highest BCUT2D eigenvalue weighted by atomic mass is 35.5. The molecule has 0 aliphatic carbocycles. The van der Waals surface area contributed by atoms with Crippen LogP contribution in [0.4, 0.5) is 11.4 Å². The highest BCUT2D eigenvalue weighted by Crippen LogP contribution is 2.20. The van der Waals surface area contributed by atoms with Gasteiger partial charge in [-0.05, 0) is 63.9 Å². The van der Waals surface area contributed by atoms with Crippen molar-refractivity contribution in [2.24, 2.45) is 5.73 Å². The van der Waals surface area contributed by atoms with E-state index in [2.05, 4.69) is 21.3 Å². The molecular formula is C23H38Cl2N8O5. The summed E-state index contributed by atoms with van der Waals surface area (Å²) < 4.78 is 0. The number of amides is 3. The third kappa shape index (κ3) is 11.2. The Labute approximate surface area is 234 Å². The SMILES string of the molecule is CCNCCCC(=O)N(C(=O)[C@@H]1CCCN1)[C@@H](CCCNC(=N)N)C(=O)Nc1ccc([N+](=O)[O-])cc1.Cl.Cl. The van der Waals surface area contributed by atoms with E-state index in [0.29, 0.717) is 38.0 Å². The highest BCUT2D eigenvalue weighted by molar-refractivity contribution is 6.05. The summed E-state index contributed by atoms with van der Waals surface area (Å²) in [7, 11) is 0. The molecule has 1 saturated heterocycles. The van der Waals surface area contributed by atoms with Gasteiger partial charge in [0.2, 0.25) is 17.7 Å². The van der Waals surface area contributed by atoms with Crippen molar-refractivity contribution in [3.8, 4) is 0 Å². The normalized spacial score (nSPS) is 14.8. The first kappa shape index (κ1) is 35.0. The monoisotopic (exact) mass is 576 g/mol. The van der Waals surface area contributed by atoms with Crippen LogP contribution in [0.1, 0.15) is 45.4 Å². The number of benzene rings is 1. The third-order valence-electron chi connectivity index (χ3n) is 5.79. The molecule has 1 fully saturated rings. The smallest absolute Gasteiger partial charge is 0.269 e. The standard InChI is InChI=1S/C23H36N8O5.2ClH/c1-2-26-13-5-8-20(32)30(22(34)18-6-3-14-27-18)19(7-4-15-28-23(24)25)21(33)29-16-9-11-17(12-10-16)31(35)36;;/h9-12,18-19,26-27H,2-8,13-15H2,1H3,(H,29,33)(H4,24,25,28);2*1H/t18-,19-;;/m0../s1. The number of hydrogen-bond donors (Lipinski definition) is 6. The van der Waals surface area contributed by atoms with E-state index in [9.17, 15) is 24.5 Å². The number of imide groups is 1. The van der Waals surface area contributed by atoms with Crippen molar-refractivity contribution in [1.29, 1.82) is 5.41 Å². The van der Waals surface area contributed by atoms with Crippen LogP contribution >= 0.6 is 24.8 Å². The molecule has 38 heavy (non-hydrogen) atoms. The number of anilines is 1. The molecule has 0 unspecified atom stereocenters. The number of hydrogen-bond acceptors (Lipinski definition) is 8. The fourth-order valence-electron chi connectivity index (χ4n) is 3.96. The number of carbonyl (C=O) groups is 3. The lowest BCUT2D eigenvalue weighted by Gasteiger charge is -2.31. The van der Waals surface area contributed by atoms with E-state index in [1.54, 1.807) is 0 Å². The second-order valence-electron chi connectivity index (χ2n) is 8.50. The van der Waals surface area contributed by atoms with Crippen LogP contribution in [0.2, 0.25) is 0 Å². The summed E-state index contributed by atoms with van der Waals surface area (Å²) in [5.41, 5.74) is 5.52. The average Bonchev–Trinajstić information content (AvgIpc) is 3.38. The van der Waals surface area contributed by atoms with Crippen LogP contribution in [0.5, 0.6) is 0 Å². The minimum absolute atomic E-state index is 0. The first-order valence-corrected chi connectivity index (χ1v) is 12.2. The molecule has 1 aromatic rings. The molecule has 2 rings (SSSR count). The second kappa shape index (κ2) is 18.3. The van der Waals surface area contributed by atoms with Gasteiger partial charge >= 0.3 is 0 Å². The van der Waals surface area contributed by atoms with E-state index < -0.39 is 34.7 Å². The molecule has 7 N–H and O–H groups in total. The second-order valence-corrected chi connectivity index (χ2v) is 8.50. The molecule has 1 aromatic carbocycles. The predicted molar refractivity (Wildman–Crippen MR) is 150 cm³/mol. The molecule has 214 valence electrons. The first-order valence-electron chi connectivity index (χ1n) is 12.2. The summed E-state index contributed by atoms with van der Waals surface area (Å²) in [6.07, 6.45) is 2.49. The molecule has 0 bridgehead atoms. The number of nitro groups is 1. The van der Waals surface area contributed by atoms with Crippen LogP contribution in [-0.4, -0.2) is 71.8 Å². The van der Waals surface area contributed by atoms with E-state index in [1.165, 1.54) is 24.3 Å². The van der Waals surface area contributed by atoms with Crippen molar-refractivity contribution < 1.29 is 19.3 Å². The summed E-state index contributed by atoms with van der Waals surface area (Å²) in [4.78, 5) is 51.6. The van der Waals surface area contributed by atoms with Crippen molar-refractivity contribution in [3.63, 3.8) is 0 Å². The Kier molecular flexibility index (Phi) is 16.8. The minimum Gasteiger partial charge on any atom is -0.370 e. The molecule has 1 aliphatic heterocycles. The third-order valence-corrected chi connectivity index (χ3v) is 5.79. The van der Waals surface area contributed by atoms with Gasteiger partial charge in [0.15, 0.2) is 5.96 Å². The Morgan fingerprint density at radius 3 is 2.45 bits per heavy atom. The fourth-order valence-corrected chi connectivity index (χ4v) is 3.96. The van der Waals surface area contributed by atoms with E-state index in [0.717, 1.165) is 17.9 Å². The van der Waals surface area contributed by atoms with Gasteiger partial charge in [-0.3, -0.25) is 34.8 Å². The Morgan fingerprint density at radius 1 is 1.21 bits per heavy atom. The molecule has 3 amide bonds. The van der Waals surface area contributed by atoms with E-state index in [-0.39, 0.29) is 55.8 Å². The lowest BCUT2D eigenvalue weighted by Crippen LogP contribution is -2.55. The number of carbonyl (C=O) groups excluding carboxylic acids is 3. The molecule has 0 spiro atoms. The highest BCUT2D eigenvalue weighted by Gasteiger charge is 2.38. The number of rotatable bonds is 14. The minimum atomic E-state index is -1.10. The number of nitrogens with one attached hydrogen (secondary N) is 5. The summed E-state index contributed by atoms with van der Waals surface area (Å²) >= 11 is 0. The quantitative estimate of drug-likeness (QED) is 0.0624. The Hall–Kier alpha value is -3.00. The number of nitrogens with zero attached hydrogens (tertiary/aromatic N) is 2. The molecule has 0 saturated carbocycles. The van der Waals surface area contributed by atoms with Crippen LogP contribution in [0.25, 0.3) is 0 Å². The molecule has 0 aromatic heterocycles. The van der Waals surface area contributed by atoms with Gasteiger partial charge in [-0.1, -0.05) is 6.92 Å². The zero-order valence-electron chi connectivity index (χ0n) is 21.4. The van der Waals surface area contributed by atoms with Gasteiger partial charge in [0.05, 0.1) is 11.0 Å². The number of nitro benzene ring substituents is 1. The van der Waals surface area contributed by atoms with Crippen molar-refractivity contribution in [2.75, 3.05) is 31.5 Å². The summed E-state index contributed by atoms with van der Waals surface area (Å²) in [6.45, 7) is 4.26. The van der Waals surface area contributed by atoms with E-state index in [1.807, 2.05) is 6.92 Å². The Bertz CT molecular complexity index is 929. The van der Waals surface area contributed by atoms with Gasteiger partial charge in [-0.25, -0.2) is 0 Å². The van der Waals surface area contributed by atoms with Gasteiger partial charge in [0, 0.05) is 30.8 Å². The lowest BCUT2D eigenvalue weighted by atomic mass is 10.0. The Balaban J connectivity index is 0.00000684. The van der Waals surface area contributed by atoms with Crippen LogP contribution in [0.15, 0.2) is 24.3 Å². The number of non-ortho nitro benzene ring substituents is 1.